The second-order valence-corrected chi connectivity index (χ2v) is 8.69. The molecule has 1 saturated carbocycles. The quantitative estimate of drug-likeness (QED) is 0.758. The summed E-state index contributed by atoms with van der Waals surface area (Å²) in [5.74, 6) is 0.0508. The van der Waals surface area contributed by atoms with E-state index < -0.39 is 5.54 Å². The predicted octanol–water partition coefficient (Wildman–Crippen LogP) is 2.38. The zero-order valence-electron chi connectivity index (χ0n) is 16.5. The second kappa shape index (κ2) is 7.89. The van der Waals surface area contributed by atoms with Crippen LogP contribution in [-0.2, 0) is 11.3 Å². The molecule has 0 spiro atoms. The number of benzene rings is 1. The number of urea groups is 1. The van der Waals surface area contributed by atoms with Crippen LogP contribution >= 0.6 is 0 Å². The van der Waals surface area contributed by atoms with Gasteiger partial charge in [-0.2, -0.15) is 0 Å². The first-order valence-electron chi connectivity index (χ1n) is 9.97. The second-order valence-electron chi connectivity index (χ2n) is 8.69. The summed E-state index contributed by atoms with van der Waals surface area (Å²) in [7, 11) is 0. The van der Waals surface area contributed by atoms with Crippen molar-refractivity contribution in [3.63, 3.8) is 0 Å². The van der Waals surface area contributed by atoms with E-state index in [2.05, 4.69) is 24.5 Å². The Morgan fingerprint density at radius 2 is 1.85 bits per heavy atom. The van der Waals surface area contributed by atoms with Crippen molar-refractivity contribution in [1.29, 1.82) is 0 Å². The Morgan fingerprint density at radius 3 is 2.48 bits per heavy atom. The molecule has 6 nitrogen and oxygen atoms in total. The average Bonchev–Trinajstić information content (AvgIpc) is 3.12. The van der Waals surface area contributed by atoms with Crippen LogP contribution in [-0.4, -0.2) is 41.5 Å². The summed E-state index contributed by atoms with van der Waals surface area (Å²) in [6.45, 7) is 5.97. The maximum atomic E-state index is 13.4. The zero-order chi connectivity index (χ0) is 19.5. The molecule has 0 bridgehead atoms. The number of hydrogen-bond donors (Lipinski definition) is 3. The minimum atomic E-state index is -0.779. The van der Waals surface area contributed by atoms with Crippen LogP contribution in [0, 0.1) is 5.41 Å². The third-order valence-corrected chi connectivity index (χ3v) is 6.11. The molecule has 1 atom stereocenters. The Labute approximate surface area is 161 Å². The molecular formula is C21H32N4O2. The van der Waals surface area contributed by atoms with E-state index in [1.807, 2.05) is 35.2 Å². The van der Waals surface area contributed by atoms with Crippen LogP contribution in [0.5, 0.6) is 0 Å². The number of amides is 3. The number of hydrogen-bond acceptors (Lipinski definition) is 3. The Morgan fingerprint density at radius 1 is 1.19 bits per heavy atom. The Hall–Kier alpha value is -2.08. The van der Waals surface area contributed by atoms with Gasteiger partial charge < -0.3 is 21.3 Å². The fourth-order valence-corrected chi connectivity index (χ4v) is 4.26. The smallest absolute Gasteiger partial charge is 0.315 e. The van der Waals surface area contributed by atoms with Crippen molar-refractivity contribution in [2.75, 3.05) is 13.1 Å². The fraction of sp³-hybridized carbons (Fsp3) is 0.619. The first-order valence-corrected chi connectivity index (χ1v) is 9.97. The maximum absolute atomic E-state index is 13.4. The van der Waals surface area contributed by atoms with E-state index in [4.69, 9.17) is 5.73 Å². The Balaban J connectivity index is 1.64. The van der Waals surface area contributed by atoms with Crippen molar-refractivity contribution >= 4 is 11.9 Å². The van der Waals surface area contributed by atoms with Crippen LogP contribution in [0.4, 0.5) is 4.79 Å². The van der Waals surface area contributed by atoms with Gasteiger partial charge in [0.25, 0.3) is 0 Å². The molecule has 2 aliphatic rings. The zero-order valence-corrected chi connectivity index (χ0v) is 16.5. The van der Waals surface area contributed by atoms with Crippen molar-refractivity contribution in [2.24, 2.45) is 11.1 Å². The topological polar surface area (TPSA) is 87.5 Å². The standard InChI is InChI=1S/C21H32N4O2/c1-20(2)15-25(13-10-17(20)22)18(26)21(11-6-7-12-21)24-19(27)23-14-16-8-4-3-5-9-16/h3-5,8-9,17H,6-7,10-15,22H2,1-2H3,(H2,23,24,27). The SMILES string of the molecule is CC1(C)CN(C(=O)C2(NC(=O)NCc3ccccc3)CCCC2)CCC1N. The van der Waals surface area contributed by atoms with Crippen LogP contribution in [0.2, 0.25) is 0 Å². The first-order chi connectivity index (χ1) is 12.8. The highest BCUT2D eigenvalue weighted by atomic mass is 16.2. The number of carbonyl (C=O) groups is 2. The molecule has 0 radical (unpaired) electrons. The van der Waals surface area contributed by atoms with Gasteiger partial charge in [-0.3, -0.25) is 4.79 Å². The van der Waals surface area contributed by atoms with Gasteiger partial charge in [0.05, 0.1) is 0 Å². The number of nitrogens with one attached hydrogen (secondary N) is 2. The third-order valence-electron chi connectivity index (χ3n) is 6.11. The molecule has 1 aromatic rings. The lowest BCUT2D eigenvalue weighted by Gasteiger charge is -2.45. The van der Waals surface area contributed by atoms with Crippen LogP contribution in [0.25, 0.3) is 0 Å². The fourth-order valence-electron chi connectivity index (χ4n) is 4.26. The molecular weight excluding hydrogens is 340 g/mol. The van der Waals surface area contributed by atoms with Crippen molar-refractivity contribution in [3.05, 3.63) is 35.9 Å². The first kappa shape index (κ1) is 19.7. The molecule has 2 fully saturated rings. The van der Waals surface area contributed by atoms with Gasteiger partial charge in [-0.15, -0.1) is 0 Å². The van der Waals surface area contributed by atoms with E-state index in [1.54, 1.807) is 0 Å². The van der Waals surface area contributed by atoms with Gasteiger partial charge in [0, 0.05) is 25.7 Å². The van der Waals surface area contributed by atoms with Gasteiger partial charge in [0.1, 0.15) is 5.54 Å². The Bertz CT molecular complexity index is 668. The van der Waals surface area contributed by atoms with E-state index in [0.29, 0.717) is 32.5 Å². The van der Waals surface area contributed by atoms with Gasteiger partial charge in [-0.05, 0) is 30.2 Å². The lowest BCUT2D eigenvalue weighted by atomic mass is 9.79. The third kappa shape index (κ3) is 4.43. The summed E-state index contributed by atoms with van der Waals surface area (Å²) in [6.07, 6.45) is 4.12. The largest absolute Gasteiger partial charge is 0.340 e. The highest BCUT2D eigenvalue weighted by molar-refractivity contribution is 5.91. The summed E-state index contributed by atoms with van der Waals surface area (Å²) in [5.41, 5.74) is 6.37. The van der Waals surface area contributed by atoms with Crippen LogP contribution < -0.4 is 16.4 Å². The summed E-state index contributed by atoms with van der Waals surface area (Å²) in [6, 6.07) is 9.60. The number of piperidine rings is 1. The van der Waals surface area contributed by atoms with Crippen LogP contribution in [0.3, 0.4) is 0 Å². The highest BCUT2D eigenvalue weighted by Crippen LogP contribution is 2.35. The van der Waals surface area contributed by atoms with Crippen molar-refractivity contribution in [1.82, 2.24) is 15.5 Å². The minimum absolute atomic E-state index is 0.0508. The van der Waals surface area contributed by atoms with Gasteiger partial charge in [-0.25, -0.2) is 4.79 Å². The van der Waals surface area contributed by atoms with E-state index in [0.717, 1.165) is 24.8 Å². The van der Waals surface area contributed by atoms with E-state index >= 15 is 0 Å². The monoisotopic (exact) mass is 372 g/mol. The molecule has 1 saturated heterocycles. The molecule has 6 heteroatoms. The van der Waals surface area contributed by atoms with Gasteiger partial charge in [0.15, 0.2) is 0 Å². The van der Waals surface area contributed by atoms with Crippen molar-refractivity contribution < 1.29 is 9.59 Å². The lowest BCUT2D eigenvalue weighted by Crippen LogP contribution is -2.63. The predicted molar refractivity (Wildman–Crippen MR) is 106 cm³/mol. The number of rotatable bonds is 4. The van der Waals surface area contributed by atoms with Crippen molar-refractivity contribution in [3.8, 4) is 0 Å². The van der Waals surface area contributed by atoms with E-state index in [9.17, 15) is 9.59 Å². The van der Waals surface area contributed by atoms with Gasteiger partial charge >= 0.3 is 6.03 Å². The van der Waals surface area contributed by atoms with E-state index in [1.165, 1.54) is 0 Å². The van der Waals surface area contributed by atoms with Crippen LogP contribution in [0.15, 0.2) is 30.3 Å². The summed E-state index contributed by atoms with van der Waals surface area (Å²) < 4.78 is 0. The number of nitrogens with zero attached hydrogens (tertiary/aromatic N) is 1. The van der Waals surface area contributed by atoms with Gasteiger partial charge in [-0.1, -0.05) is 57.0 Å². The molecule has 4 N–H and O–H groups in total. The number of carbonyl (C=O) groups excluding carboxylic acids is 2. The Kier molecular flexibility index (Phi) is 5.75. The molecule has 1 unspecified atom stereocenters. The molecule has 148 valence electrons. The van der Waals surface area contributed by atoms with E-state index in [-0.39, 0.29) is 23.4 Å². The molecule has 3 rings (SSSR count). The average molecular weight is 373 g/mol. The summed E-state index contributed by atoms with van der Waals surface area (Å²) >= 11 is 0. The molecule has 1 aliphatic carbocycles. The minimum Gasteiger partial charge on any atom is -0.340 e. The van der Waals surface area contributed by atoms with Gasteiger partial charge in [0.2, 0.25) is 5.91 Å². The summed E-state index contributed by atoms with van der Waals surface area (Å²) in [4.78, 5) is 27.8. The number of likely N-dealkylation sites (tertiary alicyclic amines) is 1. The van der Waals surface area contributed by atoms with Crippen LogP contribution in [0.1, 0.15) is 51.5 Å². The molecule has 27 heavy (non-hydrogen) atoms. The molecule has 3 amide bonds. The summed E-state index contributed by atoms with van der Waals surface area (Å²) in [5, 5.41) is 5.92. The van der Waals surface area contributed by atoms with Crippen molar-refractivity contribution in [2.45, 2.75) is 64.1 Å². The molecule has 0 aromatic heterocycles. The molecule has 1 heterocycles. The lowest BCUT2D eigenvalue weighted by molar-refractivity contribution is -0.141. The molecule has 1 aliphatic heterocycles. The number of nitrogens with two attached hydrogens (primary N) is 1. The maximum Gasteiger partial charge on any atom is 0.315 e. The highest BCUT2D eigenvalue weighted by Gasteiger charge is 2.47. The normalized spacial score (nSPS) is 23.7. The molecule has 1 aromatic carbocycles.